The fraction of sp³-hybridized carbons (Fsp3) is 0.333. The Hall–Kier alpha value is -2.60. The molecule has 0 spiro atoms. The van der Waals surface area contributed by atoms with Gasteiger partial charge in [0.05, 0.1) is 23.9 Å². The van der Waals surface area contributed by atoms with Gasteiger partial charge in [0.2, 0.25) is 0 Å². The van der Waals surface area contributed by atoms with Crippen molar-refractivity contribution in [2.24, 2.45) is 0 Å². The third-order valence-electron chi connectivity index (χ3n) is 2.68. The summed E-state index contributed by atoms with van der Waals surface area (Å²) < 4.78 is 6.54. The molecule has 18 heavy (non-hydrogen) atoms. The number of nitrogens with one attached hydrogen (secondary N) is 2. The molecule has 2 N–H and O–H groups in total. The highest BCUT2D eigenvalue weighted by Gasteiger charge is 2.27. The monoisotopic (exact) mass is 249 g/mol. The van der Waals surface area contributed by atoms with Gasteiger partial charge in [0.15, 0.2) is 5.52 Å². The largest absolute Gasteiger partial charge is 0.401 e. The first kappa shape index (κ1) is 10.5. The summed E-state index contributed by atoms with van der Waals surface area (Å²) in [5, 5.41) is 0. The molecule has 9 heteroatoms. The van der Waals surface area contributed by atoms with Crippen molar-refractivity contribution in [2.45, 2.75) is 12.6 Å². The van der Waals surface area contributed by atoms with E-state index in [-0.39, 0.29) is 23.8 Å². The summed E-state index contributed by atoms with van der Waals surface area (Å²) in [5.41, 5.74) is -2.22. The highest BCUT2D eigenvalue weighted by molar-refractivity contribution is 5.68. The van der Waals surface area contributed by atoms with Crippen LogP contribution in [0.25, 0.3) is 16.1 Å². The molecule has 2 aromatic heterocycles. The normalized spacial score (nSPS) is 17.8. The number of hydrogen-bond donors (Lipinski definition) is 2. The van der Waals surface area contributed by atoms with Gasteiger partial charge in [0.1, 0.15) is 5.65 Å². The minimum Gasteiger partial charge on any atom is -0.371 e. The molecule has 1 atom stereocenters. The summed E-state index contributed by atoms with van der Waals surface area (Å²) >= 11 is 0. The Morgan fingerprint density at radius 1 is 1.39 bits per heavy atom. The molecule has 92 valence electrons. The zero-order valence-corrected chi connectivity index (χ0v) is 8.97. The lowest BCUT2D eigenvalue weighted by molar-refractivity contribution is 0.380. The van der Waals surface area contributed by atoms with Gasteiger partial charge < -0.3 is 4.74 Å². The van der Waals surface area contributed by atoms with E-state index in [0.29, 0.717) is 11.3 Å². The van der Waals surface area contributed by atoms with Crippen LogP contribution in [0.2, 0.25) is 0 Å². The number of imidazole rings is 1. The summed E-state index contributed by atoms with van der Waals surface area (Å²) in [6.45, 7) is 7.55. The Morgan fingerprint density at radius 3 is 2.72 bits per heavy atom. The van der Waals surface area contributed by atoms with Gasteiger partial charge in [0.25, 0.3) is 0 Å². The molecule has 0 radical (unpaired) electrons. The molecule has 0 aliphatic carbocycles. The Morgan fingerprint density at radius 2 is 2.11 bits per heavy atom. The molecule has 0 amide bonds. The fourth-order valence-corrected chi connectivity index (χ4v) is 1.77. The second-order valence-corrected chi connectivity index (χ2v) is 3.87. The average Bonchev–Trinajstić information content (AvgIpc) is 3.06. The number of nitrogens with zero attached hydrogens (tertiary/aromatic N) is 3. The van der Waals surface area contributed by atoms with Crippen LogP contribution in [0.5, 0.6) is 0 Å². The highest BCUT2D eigenvalue weighted by Crippen LogP contribution is 2.12. The molecule has 1 saturated heterocycles. The van der Waals surface area contributed by atoms with E-state index in [1.54, 1.807) is 0 Å². The SMILES string of the molecule is [C-]#[N+]n1c(=O)c2[nH]c(=O)[nH]c2n(CC2CO2)c1=O. The van der Waals surface area contributed by atoms with Gasteiger partial charge in [-0.3, -0.25) is 19.3 Å². The number of hydrogen-bond acceptors (Lipinski definition) is 4. The Bertz CT molecular complexity index is 841. The van der Waals surface area contributed by atoms with Crippen LogP contribution in [0.4, 0.5) is 0 Å². The maximum Gasteiger partial charge on any atom is 0.401 e. The van der Waals surface area contributed by atoms with Crippen LogP contribution in [0.1, 0.15) is 0 Å². The second kappa shape index (κ2) is 3.44. The smallest absolute Gasteiger partial charge is 0.371 e. The lowest BCUT2D eigenvalue weighted by Crippen LogP contribution is -2.38. The summed E-state index contributed by atoms with van der Waals surface area (Å²) in [4.78, 5) is 42.4. The molecular formula is C9H7N5O4. The maximum atomic E-state index is 11.9. The summed E-state index contributed by atoms with van der Waals surface area (Å²) in [6.07, 6.45) is -0.124. The number of aromatic amines is 2. The number of H-pyrrole nitrogens is 2. The predicted molar refractivity (Wildman–Crippen MR) is 59.2 cm³/mol. The van der Waals surface area contributed by atoms with E-state index >= 15 is 0 Å². The predicted octanol–water partition coefficient (Wildman–Crippen LogP) is -1.74. The zero-order chi connectivity index (χ0) is 12.9. The molecule has 0 aromatic carbocycles. The van der Waals surface area contributed by atoms with Crippen LogP contribution in [0, 0.1) is 6.57 Å². The lowest BCUT2D eigenvalue weighted by atomic mass is 10.4. The van der Waals surface area contributed by atoms with Crippen LogP contribution in [0.15, 0.2) is 14.4 Å². The van der Waals surface area contributed by atoms with E-state index < -0.39 is 16.9 Å². The van der Waals surface area contributed by atoms with Gasteiger partial charge in [-0.1, -0.05) is 0 Å². The van der Waals surface area contributed by atoms with Crippen molar-refractivity contribution in [3.63, 3.8) is 0 Å². The van der Waals surface area contributed by atoms with E-state index in [0.717, 1.165) is 4.57 Å². The lowest BCUT2D eigenvalue weighted by Gasteiger charge is -2.03. The van der Waals surface area contributed by atoms with Gasteiger partial charge in [-0.15, -0.1) is 4.95 Å². The van der Waals surface area contributed by atoms with Crippen LogP contribution in [-0.4, -0.2) is 31.9 Å². The van der Waals surface area contributed by atoms with Gasteiger partial charge >= 0.3 is 16.9 Å². The Labute approximate surface area is 98.0 Å². The van der Waals surface area contributed by atoms with Crippen molar-refractivity contribution in [1.29, 1.82) is 0 Å². The van der Waals surface area contributed by atoms with E-state index in [1.165, 1.54) is 0 Å². The van der Waals surface area contributed by atoms with Gasteiger partial charge in [0, 0.05) is 0 Å². The van der Waals surface area contributed by atoms with Crippen molar-refractivity contribution in [2.75, 3.05) is 6.61 Å². The van der Waals surface area contributed by atoms with Crippen LogP contribution in [-0.2, 0) is 11.3 Å². The van der Waals surface area contributed by atoms with Gasteiger partial charge in [-0.25, -0.2) is 9.59 Å². The highest BCUT2D eigenvalue weighted by atomic mass is 16.6. The van der Waals surface area contributed by atoms with Crippen molar-refractivity contribution in [3.05, 3.63) is 42.8 Å². The molecule has 3 rings (SSSR count). The zero-order valence-electron chi connectivity index (χ0n) is 8.97. The number of epoxide rings is 1. The van der Waals surface area contributed by atoms with E-state index in [2.05, 4.69) is 14.9 Å². The molecule has 1 fully saturated rings. The Kier molecular flexibility index (Phi) is 2.02. The molecule has 0 bridgehead atoms. The fourth-order valence-electron chi connectivity index (χ4n) is 1.77. The third kappa shape index (κ3) is 1.40. The van der Waals surface area contributed by atoms with Crippen molar-refractivity contribution in [1.82, 2.24) is 19.2 Å². The second-order valence-electron chi connectivity index (χ2n) is 3.87. The van der Waals surface area contributed by atoms with Gasteiger partial charge in [-0.05, 0) is 0 Å². The molecular weight excluding hydrogens is 242 g/mol. The molecule has 3 heterocycles. The summed E-state index contributed by atoms with van der Waals surface area (Å²) in [7, 11) is 0. The molecule has 9 nitrogen and oxygen atoms in total. The molecule has 0 saturated carbocycles. The molecule has 1 aliphatic heterocycles. The third-order valence-corrected chi connectivity index (χ3v) is 2.68. The van der Waals surface area contributed by atoms with Crippen molar-refractivity contribution in [3.8, 4) is 0 Å². The maximum absolute atomic E-state index is 11.9. The van der Waals surface area contributed by atoms with Crippen molar-refractivity contribution >= 4 is 11.2 Å². The van der Waals surface area contributed by atoms with Crippen molar-refractivity contribution < 1.29 is 4.74 Å². The Balaban J connectivity index is 2.44. The van der Waals surface area contributed by atoms with E-state index in [1.807, 2.05) is 0 Å². The number of fused-ring (bicyclic) bond motifs is 1. The average molecular weight is 249 g/mol. The minimum atomic E-state index is -0.837. The number of aromatic nitrogens is 4. The summed E-state index contributed by atoms with van der Waals surface area (Å²) in [6, 6.07) is 0. The molecule has 1 unspecified atom stereocenters. The van der Waals surface area contributed by atoms with Crippen LogP contribution >= 0.6 is 0 Å². The number of rotatable bonds is 2. The molecule has 2 aromatic rings. The van der Waals surface area contributed by atoms with Gasteiger partial charge in [-0.2, -0.15) is 6.57 Å². The minimum absolute atomic E-state index is 0.0868. The van der Waals surface area contributed by atoms with E-state index in [4.69, 9.17) is 11.3 Å². The topological polar surface area (TPSA) is 110 Å². The first-order valence-electron chi connectivity index (χ1n) is 5.09. The number of ether oxygens (including phenoxy) is 1. The standard InChI is InChI=1S/C9H7N5O4/c1-10-14-7(15)5-6(12-8(16)11-5)13(9(14)17)2-4-3-18-4/h4H,2-3H2,(H2,11,12,16). The van der Waals surface area contributed by atoms with E-state index in [9.17, 15) is 14.4 Å². The first-order chi connectivity index (χ1) is 8.61. The quantitative estimate of drug-likeness (QED) is 0.486. The first-order valence-corrected chi connectivity index (χ1v) is 5.09. The van der Waals surface area contributed by atoms with Crippen LogP contribution < -0.4 is 16.9 Å². The van der Waals surface area contributed by atoms with Crippen LogP contribution in [0.3, 0.4) is 0 Å². The molecule has 1 aliphatic rings. The summed E-state index contributed by atoms with van der Waals surface area (Å²) in [5.74, 6) is 0.